The Morgan fingerprint density at radius 1 is 0.241 bits per heavy atom. The molecule has 0 N–H and O–H groups in total. The molecule has 1 unspecified atom stereocenters. The Morgan fingerprint density at radius 3 is 0.663 bits per heavy atom. The normalized spacial score (nSPS) is 12.1. The number of carbonyl (C=O) groups is 3. The molecule has 0 saturated carbocycles. The van der Waals surface area contributed by atoms with Gasteiger partial charge in [0, 0.05) is 19.3 Å². The smallest absolute Gasteiger partial charge is 0.306 e. The summed E-state index contributed by atoms with van der Waals surface area (Å²) in [5.74, 6) is -0.823. The molecule has 0 saturated heterocycles. The zero-order chi connectivity index (χ0) is 59.9. The van der Waals surface area contributed by atoms with E-state index in [0.717, 1.165) is 64.2 Å². The van der Waals surface area contributed by atoms with Crippen molar-refractivity contribution in [1.82, 2.24) is 0 Å². The second-order valence-corrected chi connectivity index (χ2v) is 25.9. The lowest BCUT2D eigenvalue weighted by atomic mass is 10.0. The molecule has 0 aromatic carbocycles. The zero-order valence-corrected chi connectivity index (χ0v) is 56.5. The number of unbranched alkanes of at least 4 members (excludes halogenated alkanes) is 56. The summed E-state index contributed by atoms with van der Waals surface area (Å²) in [5.41, 5.74) is 0. The fraction of sp³-hybridized carbons (Fsp3) is 0.909. The molecule has 0 bridgehead atoms. The maximum absolute atomic E-state index is 13.0. The van der Waals surface area contributed by atoms with E-state index in [-0.39, 0.29) is 31.1 Å². The molecule has 0 aromatic heterocycles. The van der Waals surface area contributed by atoms with Crippen molar-refractivity contribution in [2.24, 2.45) is 0 Å². The molecule has 83 heavy (non-hydrogen) atoms. The number of rotatable bonds is 71. The summed E-state index contributed by atoms with van der Waals surface area (Å²) in [5, 5.41) is 0. The second-order valence-electron chi connectivity index (χ2n) is 25.9. The second kappa shape index (κ2) is 72.4. The molecular formula is C77H146O6. The van der Waals surface area contributed by atoms with E-state index in [2.05, 4.69) is 45.1 Å². The minimum Gasteiger partial charge on any atom is -0.462 e. The predicted molar refractivity (Wildman–Crippen MR) is 363 cm³/mol. The van der Waals surface area contributed by atoms with Gasteiger partial charge in [0.05, 0.1) is 0 Å². The van der Waals surface area contributed by atoms with Gasteiger partial charge in [0.25, 0.3) is 0 Å². The molecule has 490 valence electrons. The summed E-state index contributed by atoms with van der Waals surface area (Å²) in [4.78, 5) is 38.5. The van der Waals surface area contributed by atoms with Crippen LogP contribution in [-0.2, 0) is 28.6 Å². The minimum atomic E-state index is -0.766. The highest BCUT2D eigenvalue weighted by Gasteiger charge is 2.20. The highest BCUT2D eigenvalue weighted by atomic mass is 16.6. The third kappa shape index (κ3) is 70.5. The van der Waals surface area contributed by atoms with Crippen molar-refractivity contribution in [3.05, 3.63) is 24.3 Å². The van der Waals surface area contributed by atoms with Crippen LogP contribution in [0.4, 0.5) is 0 Å². The minimum absolute atomic E-state index is 0.0625. The average molecular weight is 1170 g/mol. The Hall–Kier alpha value is -2.11. The Bertz CT molecular complexity index is 1340. The number of carbonyl (C=O) groups excluding carboxylic acids is 3. The zero-order valence-electron chi connectivity index (χ0n) is 56.5. The lowest BCUT2D eigenvalue weighted by Gasteiger charge is -2.18. The Balaban J connectivity index is 4.16. The van der Waals surface area contributed by atoms with Crippen LogP contribution in [0.15, 0.2) is 24.3 Å². The Morgan fingerprint density at radius 2 is 0.434 bits per heavy atom. The van der Waals surface area contributed by atoms with Crippen molar-refractivity contribution in [2.75, 3.05) is 13.2 Å². The van der Waals surface area contributed by atoms with Crippen LogP contribution in [-0.4, -0.2) is 37.2 Å². The molecule has 0 rings (SSSR count). The lowest BCUT2D eigenvalue weighted by molar-refractivity contribution is -0.167. The van der Waals surface area contributed by atoms with Crippen LogP contribution in [0.5, 0.6) is 0 Å². The molecule has 0 radical (unpaired) electrons. The van der Waals surface area contributed by atoms with Crippen LogP contribution in [0.3, 0.4) is 0 Å². The third-order valence-corrected chi connectivity index (χ3v) is 17.5. The van der Waals surface area contributed by atoms with Crippen LogP contribution in [0.25, 0.3) is 0 Å². The Labute approximate surface area is 519 Å². The monoisotopic (exact) mass is 1170 g/mol. The summed E-state index contributed by atoms with van der Waals surface area (Å²) in [6.45, 7) is 6.73. The van der Waals surface area contributed by atoms with E-state index >= 15 is 0 Å². The van der Waals surface area contributed by atoms with E-state index < -0.39 is 6.10 Å². The van der Waals surface area contributed by atoms with Gasteiger partial charge in [-0.05, 0) is 51.4 Å². The lowest BCUT2D eigenvalue weighted by Crippen LogP contribution is -2.30. The van der Waals surface area contributed by atoms with Gasteiger partial charge in [-0.3, -0.25) is 14.4 Å². The van der Waals surface area contributed by atoms with E-state index in [4.69, 9.17) is 14.2 Å². The van der Waals surface area contributed by atoms with Crippen molar-refractivity contribution in [1.29, 1.82) is 0 Å². The Kier molecular flexibility index (Phi) is 70.5. The van der Waals surface area contributed by atoms with Crippen molar-refractivity contribution < 1.29 is 28.6 Å². The molecule has 1 atom stereocenters. The third-order valence-electron chi connectivity index (χ3n) is 17.5. The van der Waals surface area contributed by atoms with Crippen molar-refractivity contribution in [2.45, 2.75) is 438 Å². The molecule has 0 aliphatic carbocycles. The first-order chi connectivity index (χ1) is 41.0. The fourth-order valence-electron chi connectivity index (χ4n) is 11.8. The topological polar surface area (TPSA) is 78.9 Å². The van der Waals surface area contributed by atoms with E-state index in [1.165, 1.54) is 327 Å². The fourth-order valence-corrected chi connectivity index (χ4v) is 11.8. The van der Waals surface area contributed by atoms with Crippen LogP contribution in [0.1, 0.15) is 432 Å². The average Bonchev–Trinajstić information content (AvgIpc) is 3.49. The number of esters is 3. The molecule has 0 aliphatic rings. The van der Waals surface area contributed by atoms with Gasteiger partial charge in [0.15, 0.2) is 6.10 Å². The standard InChI is InChI=1S/C77H146O6/c1-4-7-10-13-16-19-22-25-28-30-32-33-34-35-36-37-38-39-40-41-42-43-45-46-49-52-55-58-61-64-67-70-76(79)82-73-74(72-81-75(78)69-66-63-60-57-54-51-48-27-24-21-18-15-12-9-6-3)83-77(80)71-68-65-62-59-56-53-50-47-44-31-29-26-23-20-17-14-11-8-5-2/h22,25,30,32,74H,4-21,23-24,26-29,31,33-73H2,1-3H3/b25-22-,32-30-. The van der Waals surface area contributed by atoms with Gasteiger partial charge in [0.2, 0.25) is 0 Å². The van der Waals surface area contributed by atoms with Gasteiger partial charge in [0.1, 0.15) is 13.2 Å². The molecule has 0 aliphatic heterocycles. The van der Waals surface area contributed by atoms with Crippen molar-refractivity contribution in [3.8, 4) is 0 Å². The van der Waals surface area contributed by atoms with Crippen LogP contribution < -0.4 is 0 Å². The molecule has 0 aromatic rings. The van der Waals surface area contributed by atoms with Crippen LogP contribution in [0.2, 0.25) is 0 Å². The number of ether oxygens (including phenoxy) is 3. The first kappa shape index (κ1) is 80.9. The summed E-state index contributed by atoms with van der Waals surface area (Å²) < 4.78 is 17.0. The number of hydrogen-bond acceptors (Lipinski definition) is 6. The maximum atomic E-state index is 13.0. The summed E-state index contributed by atoms with van der Waals surface area (Å²) in [6.07, 6.45) is 89.4. The maximum Gasteiger partial charge on any atom is 0.306 e. The van der Waals surface area contributed by atoms with Crippen molar-refractivity contribution in [3.63, 3.8) is 0 Å². The molecule has 0 amide bonds. The van der Waals surface area contributed by atoms with E-state index in [0.29, 0.717) is 19.3 Å². The summed E-state index contributed by atoms with van der Waals surface area (Å²) in [7, 11) is 0. The molecule has 0 fully saturated rings. The molecule has 0 heterocycles. The summed E-state index contributed by atoms with van der Waals surface area (Å²) >= 11 is 0. The van der Waals surface area contributed by atoms with Crippen LogP contribution >= 0.6 is 0 Å². The molecule has 0 spiro atoms. The summed E-state index contributed by atoms with van der Waals surface area (Å²) in [6, 6.07) is 0. The predicted octanol–water partition coefficient (Wildman–Crippen LogP) is 26.1. The van der Waals surface area contributed by atoms with Gasteiger partial charge < -0.3 is 14.2 Å². The quantitative estimate of drug-likeness (QED) is 0.0261. The first-order valence-electron chi connectivity index (χ1n) is 37.8. The SMILES string of the molecule is CCCCCCC/C=C\C/C=C\CCCCCCCCCCCCCCCCCCCCCC(=O)OCC(COC(=O)CCCCCCCCCCCCCCCCC)OC(=O)CCCCCCCCCCCCCCCCCCCCC. The van der Waals surface area contributed by atoms with Gasteiger partial charge in [-0.25, -0.2) is 0 Å². The first-order valence-corrected chi connectivity index (χ1v) is 37.8. The number of hydrogen-bond donors (Lipinski definition) is 0. The molecule has 6 heteroatoms. The molecular weight excluding hydrogens is 1020 g/mol. The molecule has 6 nitrogen and oxygen atoms in total. The van der Waals surface area contributed by atoms with E-state index in [1.54, 1.807) is 0 Å². The largest absolute Gasteiger partial charge is 0.462 e. The van der Waals surface area contributed by atoms with Gasteiger partial charge in [-0.2, -0.15) is 0 Å². The van der Waals surface area contributed by atoms with Crippen LogP contribution in [0, 0.1) is 0 Å². The van der Waals surface area contributed by atoms with E-state index in [1.807, 2.05) is 0 Å². The van der Waals surface area contributed by atoms with Gasteiger partial charge >= 0.3 is 17.9 Å². The highest BCUT2D eigenvalue weighted by molar-refractivity contribution is 5.71. The number of allylic oxidation sites excluding steroid dienone is 4. The van der Waals surface area contributed by atoms with Gasteiger partial charge in [-0.15, -0.1) is 0 Å². The van der Waals surface area contributed by atoms with Gasteiger partial charge in [-0.1, -0.05) is 385 Å². The highest BCUT2D eigenvalue weighted by Crippen LogP contribution is 2.19. The van der Waals surface area contributed by atoms with E-state index in [9.17, 15) is 14.4 Å². The van der Waals surface area contributed by atoms with Crippen molar-refractivity contribution >= 4 is 17.9 Å².